The fraction of sp³-hybridized carbons (Fsp3) is 0.308. The van der Waals surface area contributed by atoms with E-state index >= 15 is 0 Å². The summed E-state index contributed by atoms with van der Waals surface area (Å²) in [5, 5.41) is 5.18. The zero-order valence-corrected chi connectivity index (χ0v) is 10.8. The summed E-state index contributed by atoms with van der Waals surface area (Å²) in [4.78, 5) is 0. The first-order valence-electron chi connectivity index (χ1n) is 5.69. The van der Waals surface area contributed by atoms with Crippen molar-refractivity contribution >= 4 is 17.4 Å². The standard InChI is InChI=1S/C13H16ClN3/c1-3-12(10-4-6-11(14)7-5-10)17-13(15)8-9(2)16-17/h4-8,12H,3,15H2,1-2H3. The van der Waals surface area contributed by atoms with Crippen LogP contribution in [0.3, 0.4) is 0 Å². The SMILES string of the molecule is CCC(c1ccc(Cl)cc1)n1nc(C)cc1N. The summed E-state index contributed by atoms with van der Waals surface area (Å²) in [6, 6.07) is 9.89. The van der Waals surface area contributed by atoms with Gasteiger partial charge in [0.25, 0.3) is 0 Å². The van der Waals surface area contributed by atoms with Crippen LogP contribution in [0.15, 0.2) is 30.3 Å². The van der Waals surface area contributed by atoms with Crippen LogP contribution in [0.4, 0.5) is 5.82 Å². The van der Waals surface area contributed by atoms with Crippen LogP contribution in [-0.2, 0) is 0 Å². The van der Waals surface area contributed by atoms with E-state index in [1.807, 2.05) is 41.9 Å². The van der Waals surface area contributed by atoms with Crippen molar-refractivity contribution in [3.63, 3.8) is 0 Å². The van der Waals surface area contributed by atoms with E-state index in [-0.39, 0.29) is 6.04 Å². The normalized spacial score (nSPS) is 12.6. The molecule has 2 aromatic rings. The predicted molar refractivity (Wildman–Crippen MR) is 71.3 cm³/mol. The maximum Gasteiger partial charge on any atom is 0.122 e. The molecule has 1 aromatic heterocycles. The Labute approximate surface area is 106 Å². The number of aryl methyl sites for hydroxylation is 1. The average molecular weight is 250 g/mol. The Kier molecular flexibility index (Phi) is 3.38. The highest BCUT2D eigenvalue weighted by Gasteiger charge is 2.15. The monoisotopic (exact) mass is 249 g/mol. The molecule has 0 radical (unpaired) electrons. The van der Waals surface area contributed by atoms with Gasteiger partial charge in [-0.15, -0.1) is 0 Å². The first-order valence-corrected chi connectivity index (χ1v) is 6.06. The maximum atomic E-state index is 5.96. The average Bonchev–Trinajstić information content (AvgIpc) is 2.62. The number of aromatic nitrogens is 2. The third kappa shape index (κ3) is 2.44. The van der Waals surface area contributed by atoms with Crippen LogP contribution in [0.25, 0.3) is 0 Å². The van der Waals surface area contributed by atoms with Gasteiger partial charge in [0.05, 0.1) is 11.7 Å². The molecule has 0 saturated heterocycles. The first kappa shape index (κ1) is 12.0. The van der Waals surface area contributed by atoms with Gasteiger partial charge in [0.2, 0.25) is 0 Å². The molecule has 0 spiro atoms. The van der Waals surface area contributed by atoms with E-state index in [1.54, 1.807) is 0 Å². The molecule has 0 bridgehead atoms. The van der Waals surface area contributed by atoms with Gasteiger partial charge < -0.3 is 5.73 Å². The van der Waals surface area contributed by atoms with Crippen molar-refractivity contribution in [1.82, 2.24) is 9.78 Å². The molecule has 1 unspecified atom stereocenters. The second kappa shape index (κ2) is 4.80. The first-order chi connectivity index (χ1) is 8.11. The second-order valence-electron chi connectivity index (χ2n) is 4.13. The molecule has 0 saturated carbocycles. The topological polar surface area (TPSA) is 43.8 Å². The molecule has 0 aliphatic carbocycles. The minimum Gasteiger partial charge on any atom is -0.384 e. The molecule has 0 amide bonds. The van der Waals surface area contributed by atoms with E-state index in [0.717, 1.165) is 17.1 Å². The van der Waals surface area contributed by atoms with Gasteiger partial charge in [0, 0.05) is 11.1 Å². The molecule has 1 aromatic carbocycles. The van der Waals surface area contributed by atoms with Crippen molar-refractivity contribution < 1.29 is 0 Å². The summed E-state index contributed by atoms with van der Waals surface area (Å²) in [5.74, 6) is 0.698. The van der Waals surface area contributed by atoms with Crippen molar-refractivity contribution in [1.29, 1.82) is 0 Å². The van der Waals surface area contributed by atoms with Crippen LogP contribution < -0.4 is 5.73 Å². The number of anilines is 1. The highest BCUT2D eigenvalue weighted by atomic mass is 35.5. The Bertz CT molecular complexity index is 502. The molecule has 2 N–H and O–H groups in total. The van der Waals surface area contributed by atoms with Gasteiger partial charge in [0.15, 0.2) is 0 Å². The number of rotatable bonds is 3. The van der Waals surface area contributed by atoms with Crippen LogP contribution in [-0.4, -0.2) is 9.78 Å². The highest BCUT2D eigenvalue weighted by molar-refractivity contribution is 6.30. The molecular formula is C13H16ClN3. The molecule has 0 fully saturated rings. The van der Waals surface area contributed by atoms with Gasteiger partial charge >= 0.3 is 0 Å². The number of halogens is 1. The molecule has 90 valence electrons. The van der Waals surface area contributed by atoms with Gasteiger partial charge in [-0.05, 0) is 31.0 Å². The summed E-state index contributed by atoms with van der Waals surface area (Å²) >= 11 is 5.89. The minimum absolute atomic E-state index is 0.168. The predicted octanol–water partition coefficient (Wildman–Crippen LogP) is 3.43. The quantitative estimate of drug-likeness (QED) is 0.906. The summed E-state index contributed by atoms with van der Waals surface area (Å²) in [6.07, 6.45) is 0.937. The van der Waals surface area contributed by atoms with Crippen molar-refractivity contribution in [3.05, 3.63) is 46.6 Å². The molecule has 17 heavy (non-hydrogen) atoms. The third-order valence-corrected chi connectivity index (χ3v) is 3.08. The number of nitrogens with zero attached hydrogens (tertiary/aromatic N) is 2. The number of hydrogen-bond donors (Lipinski definition) is 1. The Hall–Kier alpha value is -1.48. The van der Waals surface area contributed by atoms with Crippen molar-refractivity contribution in [3.8, 4) is 0 Å². The molecule has 0 aliphatic rings. The molecule has 0 aliphatic heterocycles. The fourth-order valence-electron chi connectivity index (χ4n) is 2.02. The second-order valence-corrected chi connectivity index (χ2v) is 4.57. The van der Waals surface area contributed by atoms with Crippen LogP contribution in [0.1, 0.15) is 30.6 Å². The Morgan fingerprint density at radius 3 is 2.47 bits per heavy atom. The lowest BCUT2D eigenvalue weighted by Gasteiger charge is -2.17. The van der Waals surface area contributed by atoms with E-state index in [1.165, 1.54) is 5.56 Å². The molecular weight excluding hydrogens is 234 g/mol. The zero-order chi connectivity index (χ0) is 12.4. The smallest absolute Gasteiger partial charge is 0.122 e. The summed E-state index contributed by atoms with van der Waals surface area (Å²) in [6.45, 7) is 4.07. The van der Waals surface area contributed by atoms with Crippen molar-refractivity contribution in [2.75, 3.05) is 5.73 Å². The van der Waals surface area contributed by atoms with E-state index in [0.29, 0.717) is 5.82 Å². The van der Waals surface area contributed by atoms with E-state index in [2.05, 4.69) is 12.0 Å². The summed E-state index contributed by atoms with van der Waals surface area (Å²) in [5.41, 5.74) is 8.07. The fourth-order valence-corrected chi connectivity index (χ4v) is 2.15. The summed E-state index contributed by atoms with van der Waals surface area (Å²) < 4.78 is 1.87. The van der Waals surface area contributed by atoms with Crippen molar-refractivity contribution in [2.45, 2.75) is 26.3 Å². The molecule has 3 nitrogen and oxygen atoms in total. The van der Waals surface area contributed by atoms with E-state index in [9.17, 15) is 0 Å². The van der Waals surface area contributed by atoms with Gasteiger partial charge in [-0.25, -0.2) is 4.68 Å². The lowest BCUT2D eigenvalue weighted by Crippen LogP contribution is -2.13. The molecule has 1 heterocycles. The van der Waals surface area contributed by atoms with Gasteiger partial charge in [-0.2, -0.15) is 5.10 Å². The van der Waals surface area contributed by atoms with Crippen molar-refractivity contribution in [2.24, 2.45) is 0 Å². The number of nitrogen functional groups attached to an aromatic ring is 1. The Balaban J connectivity index is 2.39. The molecule has 2 rings (SSSR count). The maximum absolute atomic E-state index is 5.96. The molecule has 4 heteroatoms. The summed E-state index contributed by atoms with van der Waals surface area (Å²) in [7, 11) is 0. The van der Waals surface area contributed by atoms with Crippen LogP contribution in [0, 0.1) is 6.92 Å². The zero-order valence-electron chi connectivity index (χ0n) is 10.0. The van der Waals surface area contributed by atoms with Gasteiger partial charge in [0.1, 0.15) is 5.82 Å². The highest BCUT2D eigenvalue weighted by Crippen LogP contribution is 2.25. The number of nitrogens with two attached hydrogens (primary N) is 1. The van der Waals surface area contributed by atoms with Crippen LogP contribution in [0.2, 0.25) is 5.02 Å². The Morgan fingerprint density at radius 2 is 2.00 bits per heavy atom. The molecule has 1 atom stereocenters. The van der Waals surface area contributed by atoms with Gasteiger partial charge in [-0.3, -0.25) is 0 Å². The lowest BCUT2D eigenvalue weighted by atomic mass is 10.1. The van der Waals surface area contributed by atoms with Crippen LogP contribution >= 0.6 is 11.6 Å². The van der Waals surface area contributed by atoms with E-state index in [4.69, 9.17) is 17.3 Å². The Morgan fingerprint density at radius 1 is 1.35 bits per heavy atom. The lowest BCUT2D eigenvalue weighted by molar-refractivity contribution is 0.513. The number of benzene rings is 1. The minimum atomic E-state index is 0.168. The third-order valence-electron chi connectivity index (χ3n) is 2.82. The largest absolute Gasteiger partial charge is 0.384 e. The van der Waals surface area contributed by atoms with E-state index < -0.39 is 0 Å². The van der Waals surface area contributed by atoms with Crippen LogP contribution in [0.5, 0.6) is 0 Å². The number of hydrogen-bond acceptors (Lipinski definition) is 2. The van der Waals surface area contributed by atoms with Gasteiger partial charge in [-0.1, -0.05) is 30.7 Å².